The summed E-state index contributed by atoms with van der Waals surface area (Å²) in [5.74, 6) is 0. The molecule has 0 aliphatic carbocycles. The zero-order valence-electron chi connectivity index (χ0n) is 19.2. The van der Waals surface area contributed by atoms with Crippen molar-refractivity contribution in [2.24, 2.45) is 0 Å². The summed E-state index contributed by atoms with van der Waals surface area (Å²) in [6, 6.07) is 21.6. The third kappa shape index (κ3) is 7.33. The Kier molecular flexibility index (Phi) is 11.1. The van der Waals surface area contributed by atoms with Gasteiger partial charge in [0.2, 0.25) is 0 Å². The maximum absolute atomic E-state index is 9.07. The molecule has 31 heavy (non-hydrogen) atoms. The van der Waals surface area contributed by atoms with E-state index in [9.17, 15) is 0 Å². The molecule has 0 saturated carbocycles. The molecule has 0 radical (unpaired) electrons. The highest BCUT2D eigenvalue weighted by Crippen LogP contribution is 2.36. The van der Waals surface area contributed by atoms with E-state index < -0.39 is 8.32 Å². The van der Waals surface area contributed by atoms with E-state index in [1.54, 1.807) is 0 Å². The maximum Gasteiger partial charge on any atom is 0.261 e. The second-order valence-electron chi connectivity index (χ2n) is 9.28. The van der Waals surface area contributed by atoms with E-state index in [4.69, 9.17) is 32.7 Å². The van der Waals surface area contributed by atoms with Crippen molar-refractivity contribution < 1.29 is 9.53 Å². The van der Waals surface area contributed by atoms with Crippen molar-refractivity contribution in [3.8, 4) is 0 Å². The maximum atomic E-state index is 9.07. The summed E-state index contributed by atoms with van der Waals surface area (Å²) in [5, 5.41) is 11.3. The number of rotatable bonds is 13. The van der Waals surface area contributed by atoms with E-state index in [2.05, 4.69) is 81.4 Å². The van der Waals surface area contributed by atoms with Gasteiger partial charge in [-0.25, -0.2) is 0 Å². The van der Waals surface area contributed by atoms with E-state index in [0.717, 1.165) is 38.7 Å². The van der Waals surface area contributed by atoms with Gasteiger partial charge in [0.05, 0.1) is 17.4 Å². The standard InChI is InChI=1S/C26H38Cl2O2Si/c1-26(2,3)31(22-15-9-7-10-16-22,23-17-11-8-12-18-23)30-20-14-6-4-5-13-19-24(27)25(28)21-29/h7-12,15-18,24-25,29H,4-6,13-14,19-21H2,1-3H3/t24-,25-/m1/s1. The molecule has 0 aromatic heterocycles. The average Bonchev–Trinajstić information content (AvgIpc) is 2.77. The van der Waals surface area contributed by atoms with Gasteiger partial charge in [0.25, 0.3) is 8.32 Å². The van der Waals surface area contributed by atoms with Gasteiger partial charge in [-0.1, -0.05) is 107 Å². The smallest absolute Gasteiger partial charge is 0.261 e. The lowest BCUT2D eigenvalue weighted by Crippen LogP contribution is -2.66. The molecule has 0 amide bonds. The van der Waals surface area contributed by atoms with Crippen LogP contribution in [0.2, 0.25) is 5.04 Å². The van der Waals surface area contributed by atoms with Crippen LogP contribution in [0.1, 0.15) is 59.3 Å². The second-order valence-corrected chi connectivity index (χ2v) is 14.7. The van der Waals surface area contributed by atoms with Crippen LogP contribution in [0.4, 0.5) is 0 Å². The number of aliphatic hydroxyl groups is 1. The number of hydrogen-bond donors (Lipinski definition) is 1. The molecule has 0 saturated heterocycles. The first-order chi connectivity index (χ1) is 14.8. The Morgan fingerprint density at radius 2 is 1.26 bits per heavy atom. The van der Waals surface area contributed by atoms with Crippen LogP contribution in [-0.2, 0) is 4.43 Å². The monoisotopic (exact) mass is 480 g/mol. The van der Waals surface area contributed by atoms with Gasteiger partial charge < -0.3 is 9.53 Å². The Bertz CT molecular complexity index is 695. The SMILES string of the molecule is CC(C)(C)[Si](OCCCCCCC[C@@H](Cl)[C@H](Cl)CO)(c1ccccc1)c1ccccc1. The molecule has 2 aromatic rings. The Morgan fingerprint density at radius 1 is 0.774 bits per heavy atom. The number of hydrogen-bond acceptors (Lipinski definition) is 2. The van der Waals surface area contributed by atoms with Gasteiger partial charge in [0.1, 0.15) is 0 Å². The second kappa shape index (κ2) is 13.0. The molecule has 172 valence electrons. The lowest BCUT2D eigenvalue weighted by atomic mass is 10.1. The van der Waals surface area contributed by atoms with E-state index in [1.165, 1.54) is 16.8 Å². The molecular formula is C26H38Cl2O2Si. The predicted octanol–water partition coefficient (Wildman–Crippen LogP) is 6.11. The highest BCUT2D eigenvalue weighted by molar-refractivity contribution is 6.99. The summed E-state index contributed by atoms with van der Waals surface area (Å²) >= 11 is 12.2. The van der Waals surface area contributed by atoms with Crippen molar-refractivity contribution in [2.45, 2.75) is 75.1 Å². The summed E-state index contributed by atoms with van der Waals surface area (Å²) in [4.78, 5) is 0. The fourth-order valence-electron chi connectivity index (χ4n) is 4.25. The summed E-state index contributed by atoms with van der Waals surface area (Å²) in [6.07, 6.45) is 6.41. The molecule has 0 aliphatic rings. The summed E-state index contributed by atoms with van der Waals surface area (Å²) in [6.45, 7) is 7.67. The van der Waals surface area contributed by atoms with E-state index >= 15 is 0 Å². The highest BCUT2D eigenvalue weighted by Gasteiger charge is 2.49. The van der Waals surface area contributed by atoms with Crippen molar-refractivity contribution in [2.75, 3.05) is 13.2 Å². The van der Waals surface area contributed by atoms with Crippen LogP contribution in [-0.4, -0.2) is 37.4 Å². The van der Waals surface area contributed by atoms with Crippen molar-refractivity contribution in [3.05, 3.63) is 60.7 Å². The van der Waals surface area contributed by atoms with Crippen molar-refractivity contribution >= 4 is 41.9 Å². The van der Waals surface area contributed by atoms with Crippen LogP contribution >= 0.6 is 23.2 Å². The van der Waals surface area contributed by atoms with Gasteiger partial charge in [-0.05, 0) is 28.3 Å². The first kappa shape index (κ1) is 26.4. The fraction of sp³-hybridized carbons (Fsp3) is 0.538. The number of benzene rings is 2. The summed E-state index contributed by atoms with van der Waals surface area (Å²) < 4.78 is 6.93. The van der Waals surface area contributed by atoms with Crippen molar-refractivity contribution in [3.63, 3.8) is 0 Å². The first-order valence-electron chi connectivity index (χ1n) is 11.5. The summed E-state index contributed by atoms with van der Waals surface area (Å²) in [5.41, 5.74) is 0. The molecule has 2 aromatic carbocycles. The molecule has 0 aliphatic heterocycles. The lowest BCUT2D eigenvalue weighted by Gasteiger charge is -2.43. The molecule has 0 unspecified atom stereocenters. The van der Waals surface area contributed by atoms with Crippen molar-refractivity contribution in [1.82, 2.24) is 0 Å². The topological polar surface area (TPSA) is 29.5 Å². The molecule has 1 N–H and O–H groups in total. The van der Waals surface area contributed by atoms with Gasteiger partial charge in [-0.3, -0.25) is 0 Å². The number of unbranched alkanes of at least 4 members (excludes halogenated alkanes) is 4. The molecule has 0 spiro atoms. The van der Waals surface area contributed by atoms with E-state index in [-0.39, 0.29) is 22.4 Å². The Morgan fingerprint density at radius 3 is 1.74 bits per heavy atom. The van der Waals surface area contributed by atoms with Gasteiger partial charge in [0.15, 0.2) is 0 Å². The van der Waals surface area contributed by atoms with Gasteiger partial charge in [-0.15, -0.1) is 23.2 Å². The number of alkyl halides is 2. The molecule has 2 rings (SSSR count). The van der Waals surface area contributed by atoms with Gasteiger partial charge in [-0.2, -0.15) is 0 Å². The quantitative estimate of drug-likeness (QED) is 0.212. The zero-order chi connectivity index (χ0) is 22.7. The average molecular weight is 482 g/mol. The predicted molar refractivity (Wildman–Crippen MR) is 138 cm³/mol. The minimum Gasteiger partial charge on any atom is -0.407 e. The van der Waals surface area contributed by atoms with Crippen LogP contribution < -0.4 is 10.4 Å². The highest BCUT2D eigenvalue weighted by atomic mass is 35.5. The largest absolute Gasteiger partial charge is 0.407 e. The Labute approximate surface area is 200 Å². The minimum atomic E-state index is -2.41. The van der Waals surface area contributed by atoms with Crippen LogP contribution in [0.15, 0.2) is 60.7 Å². The number of aliphatic hydroxyl groups excluding tert-OH is 1. The fourth-order valence-corrected chi connectivity index (χ4v) is 9.22. The third-order valence-corrected chi connectivity index (χ3v) is 12.1. The molecule has 0 heterocycles. The molecule has 2 atom stereocenters. The molecule has 2 nitrogen and oxygen atoms in total. The first-order valence-corrected chi connectivity index (χ1v) is 14.2. The van der Waals surface area contributed by atoms with Crippen LogP contribution in [0, 0.1) is 0 Å². The Balaban J connectivity index is 1.96. The number of halogens is 2. The zero-order valence-corrected chi connectivity index (χ0v) is 21.7. The molecule has 0 bridgehead atoms. The Hall–Kier alpha value is -0.843. The van der Waals surface area contributed by atoms with Gasteiger partial charge in [0, 0.05) is 6.61 Å². The lowest BCUT2D eigenvalue weighted by molar-refractivity contribution is 0.284. The molecule has 0 fully saturated rings. The van der Waals surface area contributed by atoms with Gasteiger partial charge >= 0.3 is 0 Å². The van der Waals surface area contributed by atoms with Crippen LogP contribution in [0.3, 0.4) is 0 Å². The normalized spacial score (nSPS) is 14.4. The van der Waals surface area contributed by atoms with Crippen LogP contribution in [0.25, 0.3) is 0 Å². The summed E-state index contributed by atoms with van der Waals surface area (Å²) in [7, 11) is -2.41. The van der Waals surface area contributed by atoms with Crippen molar-refractivity contribution in [1.29, 1.82) is 0 Å². The third-order valence-electron chi connectivity index (χ3n) is 5.93. The molecule has 5 heteroatoms. The minimum absolute atomic E-state index is 0.0237. The molecular weight excluding hydrogens is 443 g/mol. The van der Waals surface area contributed by atoms with Crippen LogP contribution in [0.5, 0.6) is 0 Å². The van der Waals surface area contributed by atoms with E-state index in [1.807, 2.05) is 0 Å². The van der Waals surface area contributed by atoms with E-state index in [0.29, 0.717) is 0 Å².